The number of hydrogen-bond donors (Lipinski definition) is 1. The zero-order valence-electron chi connectivity index (χ0n) is 18.3. The van der Waals surface area contributed by atoms with E-state index in [0.717, 1.165) is 6.07 Å². The molecule has 1 aromatic heterocycles. The molecule has 1 heterocycles. The minimum atomic E-state index is -5.11. The minimum absolute atomic E-state index is 0.0272. The molecule has 0 aliphatic rings. The molecule has 2 aromatic carbocycles. The van der Waals surface area contributed by atoms with E-state index in [-0.39, 0.29) is 20.5 Å². The molecule has 0 saturated carbocycles. The summed E-state index contributed by atoms with van der Waals surface area (Å²) in [5.41, 5.74) is -3.42. The van der Waals surface area contributed by atoms with Crippen molar-refractivity contribution in [2.75, 3.05) is 12.0 Å². The fraction of sp³-hybridized carbons (Fsp3) is 0.286. The predicted molar refractivity (Wildman–Crippen MR) is 109 cm³/mol. The number of anilines is 1. The average Bonchev–Trinajstić information content (AvgIpc) is 3.09. The van der Waals surface area contributed by atoms with E-state index >= 15 is 0 Å². The van der Waals surface area contributed by atoms with Crippen molar-refractivity contribution in [1.29, 1.82) is 0 Å². The van der Waals surface area contributed by atoms with Gasteiger partial charge in [0.15, 0.2) is 6.10 Å². The molecule has 0 saturated heterocycles. The van der Waals surface area contributed by atoms with Gasteiger partial charge in [0, 0.05) is 13.1 Å². The summed E-state index contributed by atoms with van der Waals surface area (Å²) in [6.45, 7) is -0.346. The molecular weight excluding hydrogens is 508 g/mol. The summed E-state index contributed by atoms with van der Waals surface area (Å²) < 4.78 is 113. The Morgan fingerprint density at radius 1 is 1.17 bits per heavy atom. The van der Waals surface area contributed by atoms with Gasteiger partial charge in [-0.25, -0.2) is 26.7 Å². The number of aryl methyl sites for hydroxylation is 1. The second-order valence-corrected chi connectivity index (χ2v) is 7.41. The van der Waals surface area contributed by atoms with Crippen molar-refractivity contribution in [2.45, 2.75) is 25.6 Å². The second-order valence-electron chi connectivity index (χ2n) is 7.41. The topological polar surface area (TPSA) is 78.2 Å². The normalized spacial score (nSPS) is 12.6. The van der Waals surface area contributed by atoms with Crippen LogP contribution in [0.1, 0.15) is 21.7 Å². The summed E-state index contributed by atoms with van der Waals surface area (Å²) in [6.07, 6.45) is -11.0. The zero-order valence-corrected chi connectivity index (χ0v) is 18.3. The summed E-state index contributed by atoms with van der Waals surface area (Å²) in [6, 6.07) is 4.54. The van der Waals surface area contributed by atoms with Crippen LogP contribution in [0.25, 0.3) is 5.69 Å². The molecule has 3 aromatic rings. The number of halogens is 8. The number of ether oxygens (including phenoxy) is 1. The van der Waals surface area contributed by atoms with Crippen LogP contribution in [-0.4, -0.2) is 39.5 Å². The Kier molecular flexibility index (Phi) is 7.40. The maximum absolute atomic E-state index is 14.9. The number of rotatable bonds is 7. The van der Waals surface area contributed by atoms with Crippen molar-refractivity contribution in [1.82, 2.24) is 14.3 Å². The summed E-state index contributed by atoms with van der Waals surface area (Å²) in [5.74, 6) is -6.29. The van der Waals surface area contributed by atoms with Crippen LogP contribution in [0.2, 0.25) is 0 Å². The quantitative estimate of drug-likeness (QED) is 0.465. The number of carbonyl (C=O) groups excluding carboxylic acids is 1. The van der Waals surface area contributed by atoms with E-state index in [1.165, 1.54) is 19.1 Å². The van der Waals surface area contributed by atoms with Gasteiger partial charge in [-0.2, -0.15) is 17.9 Å². The standard InChI is InChI=1S/C21H16F8N4O3/c1-9-4-3-5-11(23)16(9)30-18(34)10-6-12(24)13(7-14(10)36-15(8-22)17(25)26)33-20(35)32(2)19(31-33)21(27,28)29/h3-7,15,17H,8H2,1-2H3,(H,30,34)/t15-/m0/s1. The Morgan fingerprint density at radius 3 is 2.36 bits per heavy atom. The van der Waals surface area contributed by atoms with Gasteiger partial charge >= 0.3 is 11.9 Å². The second kappa shape index (κ2) is 9.99. The van der Waals surface area contributed by atoms with E-state index in [9.17, 15) is 44.7 Å². The number of aromatic nitrogens is 3. The fourth-order valence-electron chi connectivity index (χ4n) is 3.11. The Balaban J connectivity index is 2.17. The highest BCUT2D eigenvalue weighted by Crippen LogP contribution is 2.31. The monoisotopic (exact) mass is 524 g/mol. The third kappa shape index (κ3) is 5.18. The highest BCUT2D eigenvalue weighted by molar-refractivity contribution is 6.06. The van der Waals surface area contributed by atoms with Crippen LogP contribution in [0.15, 0.2) is 35.1 Å². The van der Waals surface area contributed by atoms with Crippen molar-refractivity contribution in [3.63, 3.8) is 0 Å². The maximum Gasteiger partial charge on any atom is 0.451 e. The molecule has 1 amide bonds. The molecule has 0 fully saturated rings. The molecule has 0 aliphatic carbocycles. The number of nitrogens with zero attached hydrogens (tertiary/aromatic N) is 3. The molecule has 0 radical (unpaired) electrons. The highest BCUT2D eigenvalue weighted by Gasteiger charge is 2.38. The SMILES string of the molecule is Cc1cccc(F)c1NC(=O)c1cc(F)c(-n2nc(C(F)(F)F)n(C)c2=O)cc1O[C@@H](CF)C(F)F. The number of para-hydroxylation sites is 1. The number of benzene rings is 2. The molecule has 0 aliphatic heterocycles. The lowest BCUT2D eigenvalue weighted by Gasteiger charge is -2.19. The number of alkyl halides is 6. The van der Waals surface area contributed by atoms with Crippen LogP contribution >= 0.6 is 0 Å². The molecule has 194 valence electrons. The highest BCUT2D eigenvalue weighted by atomic mass is 19.4. The third-order valence-corrected chi connectivity index (χ3v) is 4.93. The summed E-state index contributed by atoms with van der Waals surface area (Å²) in [4.78, 5) is 25.1. The lowest BCUT2D eigenvalue weighted by atomic mass is 10.1. The fourth-order valence-corrected chi connectivity index (χ4v) is 3.11. The zero-order chi connectivity index (χ0) is 26.9. The van der Waals surface area contributed by atoms with Gasteiger partial charge in [0.1, 0.15) is 29.7 Å². The molecule has 36 heavy (non-hydrogen) atoms. The van der Waals surface area contributed by atoms with E-state index < -0.39 is 71.4 Å². The smallest absolute Gasteiger partial charge is 0.451 e. The molecule has 15 heteroatoms. The number of amides is 1. The molecule has 3 rings (SSSR count). The lowest BCUT2D eigenvalue weighted by Crippen LogP contribution is -2.29. The van der Waals surface area contributed by atoms with Gasteiger partial charge in [-0.15, -0.1) is 5.10 Å². The molecular formula is C21H16F8N4O3. The van der Waals surface area contributed by atoms with E-state index in [4.69, 9.17) is 4.74 Å². The first kappa shape index (κ1) is 26.7. The van der Waals surface area contributed by atoms with Crippen molar-refractivity contribution in [3.05, 3.63) is 69.4 Å². The van der Waals surface area contributed by atoms with Gasteiger partial charge < -0.3 is 10.1 Å². The minimum Gasteiger partial charge on any atom is -0.481 e. The van der Waals surface area contributed by atoms with Crippen LogP contribution in [0, 0.1) is 18.6 Å². The Morgan fingerprint density at radius 2 is 1.83 bits per heavy atom. The van der Waals surface area contributed by atoms with Crippen LogP contribution in [0.5, 0.6) is 5.75 Å². The van der Waals surface area contributed by atoms with E-state index in [2.05, 4.69) is 10.4 Å². The third-order valence-electron chi connectivity index (χ3n) is 4.93. The van der Waals surface area contributed by atoms with Crippen molar-refractivity contribution < 1.29 is 44.7 Å². The van der Waals surface area contributed by atoms with Gasteiger partial charge in [-0.05, 0) is 24.6 Å². The Hall–Kier alpha value is -3.91. The summed E-state index contributed by atoms with van der Waals surface area (Å²) >= 11 is 0. The van der Waals surface area contributed by atoms with Crippen LogP contribution in [0.3, 0.4) is 0 Å². The van der Waals surface area contributed by atoms with E-state index in [1.54, 1.807) is 0 Å². The van der Waals surface area contributed by atoms with Crippen molar-refractivity contribution in [3.8, 4) is 11.4 Å². The van der Waals surface area contributed by atoms with Gasteiger partial charge in [0.25, 0.3) is 12.3 Å². The van der Waals surface area contributed by atoms with Crippen molar-refractivity contribution >= 4 is 11.6 Å². The molecule has 7 nitrogen and oxygen atoms in total. The maximum atomic E-state index is 14.9. The molecule has 1 atom stereocenters. The van der Waals surface area contributed by atoms with Gasteiger partial charge in [-0.1, -0.05) is 12.1 Å². The first-order chi connectivity index (χ1) is 16.8. The van der Waals surface area contributed by atoms with Crippen LogP contribution in [-0.2, 0) is 13.2 Å². The lowest BCUT2D eigenvalue weighted by molar-refractivity contribution is -0.147. The molecule has 0 spiro atoms. The largest absolute Gasteiger partial charge is 0.481 e. The van der Waals surface area contributed by atoms with Gasteiger partial charge in [0.05, 0.1) is 11.3 Å². The predicted octanol–water partition coefficient (Wildman–Crippen LogP) is 4.41. The van der Waals surface area contributed by atoms with Crippen LogP contribution in [0.4, 0.5) is 40.8 Å². The Bertz CT molecular complexity index is 1330. The first-order valence-electron chi connectivity index (χ1n) is 9.90. The number of carbonyl (C=O) groups is 1. The molecule has 1 N–H and O–H groups in total. The Labute approximate surface area is 196 Å². The van der Waals surface area contributed by atoms with Gasteiger partial charge in [0.2, 0.25) is 5.82 Å². The summed E-state index contributed by atoms with van der Waals surface area (Å²) in [7, 11) is 0.707. The van der Waals surface area contributed by atoms with E-state index in [0.29, 0.717) is 19.2 Å². The number of nitrogens with one attached hydrogen (secondary N) is 1. The van der Waals surface area contributed by atoms with E-state index in [1.807, 2.05) is 0 Å². The van der Waals surface area contributed by atoms with Crippen molar-refractivity contribution in [2.24, 2.45) is 7.05 Å². The number of hydrogen-bond acceptors (Lipinski definition) is 4. The van der Waals surface area contributed by atoms with Gasteiger partial charge in [-0.3, -0.25) is 9.36 Å². The first-order valence-corrected chi connectivity index (χ1v) is 9.90. The molecule has 0 unspecified atom stereocenters. The summed E-state index contributed by atoms with van der Waals surface area (Å²) in [5, 5.41) is 5.13. The molecule has 0 bridgehead atoms. The average molecular weight is 524 g/mol. The van der Waals surface area contributed by atoms with Crippen LogP contribution < -0.4 is 15.7 Å².